The first kappa shape index (κ1) is 11.9. The lowest BCUT2D eigenvalue weighted by Crippen LogP contribution is -2.37. The first-order valence-electron chi connectivity index (χ1n) is 5.35. The van der Waals surface area contributed by atoms with Gasteiger partial charge in [-0.1, -0.05) is 18.2 Å². The van der Waals surface area contributed by atoms with E-state index in [2.05, 4.69) is 0 Å². The van der Waals surface area contributed by atoms with E-state index in [-0.39, 0.29) is 5.56 Å². The van der Waals surface area contributed by atoms with E-state index in [1.54, 1.807) is 12.1 Å². The predicted octanol–water partition coefficient (Wildman–Crippen LogP) is 1.45. The molecule has 0 amide bonds. The molecule has 0 atom stereocenters. The Labute approximate surface area is 103 Å². The van der Waals surface area contributed by atoms with Gasteiger partial charge in [-0.25, -0.2) is 9.47 Å². The highest BCUT2D eigenvalue weighted by Crippen LogP contribution is 2.10. The molecule has 0 aliphatic rings. The Hall–Kier alpha value is -2.56. The summed E-state index contributed by atoms with van der Waals surface area (Å²) >= 11 is 0. The first-order chi connectivity index (χ1) is 8.61. The monoisotopic (exact) mass is 244 g/mol. The number of aromatic nitrogens is 1. The molecule has 0 spiro atoms. The van der Waals surface area contributed by atoms with Gasteiger partial charge in [-0.15, -0.1) is 0 Å². The Kier molecular flexibility index (Phi) is 3.14. The molecule has 0 fully saturated rings. The van der Waals surface area contributed by atoms with Gasteiger partial charge < -0.3 is 5.11 Å². The van der Waals surface area contributed by atoms with Gasteiger partial charge in [0.2, 0.25) is 0 Å². The van der Waals surface area contributed by atoms with Crippen molar-refractivity contribution in [1.29, 1.82) is 0 Å². The summed E-state index contributed by atoms with van der Waals surface area (Å²) in [4.78, 5) is 22.9. The minimum absolute atomic E-state index is 0.250. The maximum absolute atomic E-state index is 12.0. The zero-order chi connectivity index (χ0) is 13.1. The number of hydrogen-bond acceptors (Lipinski definition) is 3. The summed E-state index contributed by atoms with van der Waals surface area (Å²) in [6.07, 6.45) is 1.53. The summed E-state index contributed by atoms with van der Waals surface area (Å²) in [5.41, 5.74) is -0.0150. The number of aromatic carboxylic acids is 1. The summed E-state index contributed by atoms with van der Waals surface area (Å²) in [6.45, 7) is 0. The molecule has 0 saturated carbocycles. The lowest BCUT2D eigenvalue weighted by molar-refractivity contribution is 0.0694. The van der Waals surface area contributed by atoms with Crippen LogP contribution in [0.1, 0.15) is 10.4 Å². The lowest BCUT2D eigenvalue weighted by atomic mass is 10.3. The minimum Gasteiger partial charge on any atom is -0.477 e. The van der Waals surface area contributed by atoms with Gasteiger partial charge in [0.15, 0.2) is 0 Å². The van der Waals surface area contributed by atoms with Crippen molar-refractivity contribution >= 4 is 11.7 Å². The molecule has 0 saturated heterocycles. The van der Waals surface area contributed by atoms with Gasteiger partial charge in [0, 0.05) is 13.2 Å². The maximum Gasteiger partial charge on any atom is 0.341 e. The van der Waals surface area contributed by atoms with Crippen LogP contribution in [0.4, 0.5) is 5.69 Å². The lowest BCUT2D eigenvalue weighted by Gasteiger charge is -2.21. The van der Waals surface area contributed by atoms with Gasteiger partial charge >= 0.3 is 5.97 Å². The molecule has 1 heterocycles. The second kappa shape index (κ2) is 4.75. The number of hydrogen-bond donors (Lipinski definition) is 1. The van der Waals surface area contributed by atoms with E-state index >= 15 is 0 Å². The number of rotatable bonds is 3. The number of carbonyl (C=O) groups is 1. The number of nitrogens with zero attached hydrogens (tertiary/aromatic N) is 2. The molecule has 0 bridgehead atoms. The minimum atomic E-state index is -1.23. The fourth-order valence-electron chi connectivity index (χ4n) is 1.65. The quantitative estimate of drug-likeness (QED) is 0.887. The van der Waals surface area contributed by atoms with Gasteiger partial charge in [-0.05, 0) is 24.3 Å². The van der Waals surface area contributed by atoms with E-state index in [4.69, 9.17) is 5.11 Å². The van der Waals surface area contributed by atoms with Crippen LogP contribution < -0.4 is 10.6 Å². The molecular weight excluding hydrogens is 232 g/mol. The molecule has 0 aliphatic carbocycles. The highest BCUT2D eigenvalue weighted by molar-refractivity contribution is 5.87. The third-order valence-electron chi connectivity index (χ3n) is 2.61. The second-order valence-electron chi connectivity index (χ2n) is 3.74. The average molecular weight is 244 g/mol. The molecule has 1 aromatic carbocycles. The van der Waals surface area contributed by atoms with Crippen LogP contribution in [0.3, 0.4) is 0 Å². The number of benzene rings is 1. The summed E-state index contributed by atoms with van der Waals surface area (Å²) in [5, 5.41) is 10.5. The van der Waals surface area contributed by atoms with Crippen molar-refractivity contribution < 1.29 is 9.90 Å². The zero-order valence-corrected chi connectivity index (χ0v) is 9.78. The number of carboxylic acid groups (broad SMARTS) is 1. The van der Waals surface area contributed by atoms with Gasteiger partial charge in [-0.3, -0.25) is 9.80 Å². The molecule has 2 aromatic rings. The first-order valence-corrected chi connectivity index (χ1v) is 5.35. The topological polar surface area (TPSA) is 62.5 Å². The Morgan fingerprint density at radius 1 is 1.17 bits per heavy atom. The summed E-state index contributed by atoms with van der Waals surface area (Å²) in [7, 11) is 1.70. The zero-order valence-electron chi connectivity index (χ0n) is 9.78. The van der Waals surface area contributed by atoms with E-state index in [9.17, 15) is 9.59 Å². The summed E-state index contributed by atoms with van der Waals surface area (Å²) < 4.78 is 1.26. The van der Waals surface area contributed by atoms with Crippen LogP contribution in [0, 0.1) is 0 Å². The van der Waals surface area contributed by atoms with Crippen LogP contribution in [-0.2, 0) is 0 Å². The average Bonchev–Trinajstić information content (AvgIpc) is 2.39. The van der Waals surface area contributed by atoms with Crippen LogP contribution in [-0.4, -0.2) is 22.8 Å². The van der Waals surface area contributed by atoms with Crippen molar-refractivity contribution in [1.82, 2.24) is 4.68 Å². The second-order valence-corrected chi connectivity index (χ2v) is 3.74. The van der Waals surface area contributed by atoms with Gasteiger partial charge in [0.25, 0.3) is 5.56 Å². The summed E-state index contributed by atoms with van der Waals surface area (Å²) in [5.74, 6) is -1.23. The third kappa shape index (κ3) is 2.10. The Balaban J connectivity index is 2.50. The fraction of sp³-hybridized carbons (Fsp3) is 0.0769. The van der Waals surface area contributed by atoms with Crippen molar-refractivity contribution in [3.05, 3.63) is 64.6 Å². The number of para-hydroxylation sites is 1. The van der Waals surface area contributed by atoms with Crippen molar-refractivity contribution in [3.63, 3.8) is 0 Å². The van der Waals surface area contributed by atoms with Crippen molar-refractivity contribution in [3.8, 4) is 0 Å². The largest absolute Gasteiger partial charge is 0.477 e. The van der Waals surface area contributed by atoms with Crippen LogP contribution in [0.2, 0.25) is 0 Å². The number of pyridine rings is 1. The SMILES string of the molecule is CN(c1ccccc1)n1cccc(C(=O)O)c1=O. The van der Waals surface area contributed by atoms with Crippen molar-refractivity contribution in [2.75, 3.05) is 12.1 Å². The third-order valence-corrected chi connectivity index (χ3v) is 2.61. The van der Waals surface area contributed by atoms with Crippen LogP contribution in [0.5, 0.6) is 0 Å². The Bertz CT molecular complexity index is 620. The molecule has 0 unspecified atom stereocenters. The smallest absolute Gasteiger partial charge is 0.341 e. The van der Waals surface area contributed by atoms with Crippen LogP contribution in [0.15, 0.2) is 53.5 Å². The fourth-order valence-corrected chi connectivity index (χ4v) is 1.65. The van der Waals surface area contributed by atoms with E-state index in [1.165, 1.54) is 23.0 Å². The van der Waals surface area contributed by atoms with Gasteiger partial charge in [-0.2, -0.15) is 0 Å². The Morgan fingerprint density at radius 2 is 1.83 bits per heavy atom. The maximum atomic E-state index is 12.0. The normalized spacial score (nSPS) is 10.1. The van der Waals surface area contributed by atoms with Gasteiger partial charge in [0.1, 0.15) is 5.56 Å². The van der Waals surface area contributed by atoms with E-state index in [1.807, 2.05) is 30.3 Å². The van der Waals surface area contributed by atoms with E-state index in [0.717, 1.165) is 5.69 Å². The molecule has 92 valence electrons. The molecule has 1 N–H and O–H groups in total. The molecule has 1 aromatic heterocycles. The van der Waals surface area contributed by atoms with E-state index < -0.39 is 11.5 Å². The molecule has 5 heteroatoms. The highest BCUT2D eigenvalue weighted by Gasteiger charge is 2.12. The van der Waals surface area contributed by atoms with Crippen molar-refractivity contribution in [2.24, 2.45) is 0 Å². The Morgan fingerprint density at radius 3 is 2.44 bits per heavy atom. The van der Waals surface area contributed by atoms with Crippen LogP contribution in [0.25, 0.3) is 0 Å². The highest BCUT2D eigenvalue weighted by atomic mass is 16.4. The van der Waals surface area contributed by atoms with Crippen molar-refractivity contribution in [2.45, 2.75) is 0 Å². The molecule has 0 radical (unpaired) electrons. The van der Waals surface area contributed by atoms with E-state index in [0.29, 0.717) is 0 Å². The number of anilines is 1. The molecular formula is C13H12N2O3. The van der Waals surface area contributed by atoms with Crippen LogP contribution >= 0.6 is 0 Å². The predicted molar refractivity (Wildman–Crippen MR) is 67.9 cm³/mol. The molecule has 5 nitrogen and oxygen atoms in total. The number of carboxylic acids is 1. The molecule has 2 rings (SSSR count). The summed E-state index contributed by atoms with van der Waals surface area (Å²) in [6, 6.07) is 12.0. The standard InChI is InChI=1S/C13H12N2O3/c1-14(10-6-3-2-4-7-10)15-9-5-8-11(12(15)16)13(17)18/h2-9H,1H3,(H,17,18). The molecule has 18 heavy (non-hydrogen) atoms. The molecule has 0 aliphatic heterocycles. The van der Waals surface area contributed by atoms with Gasteiger partial charge in [0.05, 0.1) is 5.69 Å².